The number of hydrogen-bond donors (Lipinski definition) is 2. The van der Waals surface area contributed by atoms with Gasteiger partial charge in [-0.3, -0.25) is 5.32 Å². The van der Waals surface area contributed by atoms with Gasteiger partial charge in [-0.15, -0.1) is 0 Å². The van der Waals surface area contributed by atoms with Crippen LogP contribution in [-0.2, 0) is 0 Å². The lowest BCUT2D eigenvalue weighted by molar-refractivity contribution is 0.210. The zero-order chi connectivity index (χ0) is 13.1. The molecule has 0 saturated carbocycles. The maximum Gasteiger partial charge on any atom is 0.409 e. The van der Waals surface area contributed by atoms with Gasteiger partial charge in [-0.2, -0.15) is 0 Å². The van der Waals surface area contributed by atoms with Gasteiger partial charge in [0, 0.05) is 16.1 Å². The number of hydrogen-bond acceptors (Lipinski definition) is 1. The Bertz CT molecular complexity index is 601. The number of carboxylic acid groups (broad SMARTS) is 1. The molecule has 0 aliphatic rings. The van der Waals surface area contributed by atoms with Gasteiger partial charge >= 0.3 is 6.09 Å². The number of amides is 1. The van der Waals surface area contributed by atoms with Crippen molar-refractivity contribution in [3.8, 4) is 11.1 Å². The highest BCUT2D eigenvalue weighted by Crippen LogP contribution is 2.33. The Hall–Kier alpha value is -2.07. The number of benzene rings is 2. The Kier molecular flexibility index (Phi) is 3.48. The summed E-state index contributed by atoms with van der Waals surface area (Å²) in [5, 5.41) is 11.4. The number of nitrogens with one attached hydrogen (secondary N) is 1. The van der Waals surface area contributed by atoms with E-state index < -0.39 is 11.9 Å². The second-order valence-corrected chi connectivity index (χ2v) is 4.01. The molecule has 0 spiro atoms. The summed E-state index contributed by atoms with van der Waals surface area (Å²) in [6.45, 7) is 0. The first-order chi connectivity index (χ1) is 8.58. The highest BCUT2D eigenvalue weighted by Gasteiger charge is 2.11. The van der Waals surface area contributed by atoms with Gasteiger partial charge in [0.15, 0.2) is 0 Å². The van der Waals surface area contributed by atoms with Gasteiger partial charge in [0.05, 0.1) is 5.69 Å². The predicted molar refractivity (Wildman–Crippen MR) is 68.5 cm³/mol. The second kappa shape index (κ2) is 5.06. The van der Waals surface area contributed by atoms with Crippen LogP contribution < -0.4 is 5.32 Å². The molecule has 2 aromatic rings. The lowest BCUT2D eigenvalue weighted by atomic mass is 10.0. The van der Waals surface area contributed by atoms with Crippen molar-refractivity contribution in [2.45, 2.75) is 0 Å². The van der Waals surface area contributed by atoms with E-state index in [1.807, 2.05) is 0 Å². The molecule has 3 nitrogen and oxygen atoms in total. The van der Waals surface area contributed by atoms with Gasteiger partial charge in [0.2, 0.25) is 0 Å². The van der Waals surface area contributed by atoms with Crippen LogP contribution in [0, 0.1) is 5.82 Å². The minimum atomic E-state index is -1.21. The molecule has 92 valence electrons. The maximum absolute atomic E-state index is 13.3. The molecule has 2 aromatic carbocycles. The summed E-state index contributed by atoms with van der Waals surface area (Å²) in [5.74, 6) is -0.458. The first-order valence-corrected chi connectivity index (χ1v) is 5.50. The van der Waals surface area contributed by atoms with Crippen LogP contribution in [0.5, 0.6) is 0 Å². The zero-order valence-corrected chi connectivity index (χ0v) is 9.91. The molecule has 0 heterocycles. The minimum absolute atomic E-state index is 0.289. The number of rotatable bonds is 2. The van der Waals surface area contributed by atoms with Gasteiger partial charge in [0.25, 0.3) is 0 Å². The van der Waals surface area contributed by atoms with Crippen molar-refractivity contribution in [1.29, 1.82) is 0 Å². The summed E-state index contributed by atoms with van der Waals surface area (Å²) < 4.78 is 13.3. The van der Waals surface area contributed by atoms with Crippen LogP contribution in [0.1, 0.15) is 0 Å². The third-order valence-corrected chi connectivity index (χ3v) is 2.72. The molecular weight excluding hydrogens is 257 g/mol. The van der Waals surface area contributed by atoms with E-state index in [1.54, 1.807) is 24.3 Å². The van der Waals surface area contributed by atoms with Crippen LogP contribution in [0.3, 0.4) is 0 Å². The molecule has 0 aliphatic heterocycles. The molecule has 0 aromatic heterocycles. The first-order valence-electron chi connectivity index (χ1n) is 5.12. The summed E-state index contributed by atoms with van der Waals surface area (Å²) in [5.41, 5.74) is 1.27. The molecule has 0 aliphatic carbocycles. The van der Waals surface area contributed by atoms with Crippen molar-refractivity contribution in [2.75, 3.05) is 5.32 Å². The molecule has 2 N–H and O–H groups in total. The van der Waals surface area contributed by atoms with E-state index in [2.05, 4.69) is 5.32 Å². The van der Waals surface area contributed by atoms with E-state index >= 15 is 0 Å². The SMILES string of the molecule is O=C(O)Nc1ccc(F)cc1-c1ccccc1Cl. The van der Waals surface area contributed by atoms with Gasteiger partial charge in [-0.05, 0) is 24.3 Å². The average molecular weight is 266 g/mol. The molecule has 0 radical (unpaired) electrons. The van der Waals surface area contributed by atoms with Crippen molar-refractivity contribution >= 4 is 23.4 Å². The minimum Gasteiger partial charge on any atom is -0.465 e. The predicted octanol–water partition coefficient (Wildman–Crippen LogP) is 4.24. The van der Waals surface area contributed by atoms with E-state index in [9.17, 15) is 9.18 Å². The summed E-state index contributed by atoms with van der Waals surface area (Å²) >= 11 is 6.02. The smallest absolute Gasteiger partial charge is 0.409 e. The van der Waals surface area contributed by atoms with Gasteiger partial charge in [0.1, 0.15) is 5.82 Å². The second-order valence-electron chi connectivity index (χ2n) is 3.60. The van der Waals surface area contributed by atoms with Crippen LogP contribution in [-0.4, -0.2) is 11.2 Å². The molecule has 0 bridgehead atoms. The monoisotopic (exact) mass is 265 g/mol. The molecular formula is C13H9ClFNO2. The lowest BCUT2D eigenvalue weighted by Gasteiger charge is -2.10. The summed E-state index contributed by atoms with van der Waals surface area (Å²) in [6.07, 6.45) is -1.21. The molecule has 2 rings (SSSR count). The fourth-order valence-electron chi connectivity index (χ4n) is 1.64. The maximum atomic E-state index is 13.3. The van der Waals surface area contributed by atoms with E-state index in [1.165, 1.54) is 18.2 Å². The summed E-state index contributed by atoms with van der Waals surface area (Å²) in [6, 6.07) is 10.6. The Balaban J connectivity index is 2.58. The van der Waals surface area contributed by atoms with Crippen molar-refractivity contribution in [3.63, 3.8) is 0 Å². The van der Waals surface area contributed by atoms with E-state index in [0.29, 0.717) is 16.1 Å². The van der Waals surface area contributed by atoms with Crippen molar-refractivity contribution in [2.24, 2.45) is 0 Å². The van der Waals surface area contributed by atoms with Crippen LogP contribution >= 0.6 is 11.6 Å². The zero-order valence-electron chi connectivity index (χ0n) is 9.15. The van der Waals surface area contributed by atoms with Crippen LogP contribution in [0.25, 0.3) is 11.1 Å². The largest absolute Gasteiger partial charge is 0.465 e. The number of halogens is 2. The molecule has 0 saturated heterocycles. The molecule has 1 amide bonds. The topological polar surface area (TPSA) is 49.3 Å². The molecule has 18 heavy (non-hydrogen) atoms. The number of anilines is 1. The third kappa shape index (κ3) is 2.60. The van der Waals surface area contributed by atoms with E-state index in [4.69, 9.17) is 16.7 Å². The first kappa shape index (κ1) is 12.4. The fraction of sp³-hybridized carbons (Fsp3) is 0. The Morgan fingerprint density at radius 1 is 1.17 bits per heavy atom. The Morgan fingerprint density at radius 2 is 1.89 bits per heavy atom. The van der Waals surface area contributed by atoms with Gasteiger partial charge < -0.3 is 5.11 Å². The van der Waals surface area contributed by atoms with Gasteiger partial charge in [-0.1, -0.05) is 29.8 Å². The quantitative estimate of drug-likeness (QED) is 0.853. The molecule has 0 unspecified atom stereocenters. The van der Waals surface area contributed by atoms with E-state index in [0.717, 1.165) is 0 Å². The van der Waals surface area contributed by atoms with Crippen LogP contribution in [0.4, 0.5) is 14.9 Å². The van der Waals surface area contributed by atoms with Gasteiger partial charge in [-0.25, -0.2) is 9.18 Å². The summed E-state index contributed by atoms with van der Waals surface area (Å²) in [7, 11) is 0. The highest BCUT2D eigenvalue weighted by molar-refractivity contribution is 6.33. The highest BCUT2D eigenvalue weighted by atomic mass is 35.5. The summed E-state index contributed by atoms with van der Waals surface area (Å²) in [4.78, 5) is 10.7. The van der Waals surface area contributed by atoms with E-state index in [-0.39, 0.29) is 5.69 Å². The van der Waals surface area contributed by atoms with Crippen molar-refractivity contribution in [1.82, 2.24) is 0 Å². The average Bonchev–Trinajstić information content (AvgIpc) is 2.32. The van der Waals surface area contributed by atoms with Crippen molar-refractivity contribution < 1.29 is 14.3 Å². The molecule has 0 fully saturated rings. The van der Waals surface area contributed by atoms with Crippen LogP contribution in [0.15, 0.2) is 42.5 Å². The number of carbonyl (C=O) groups is 1. The lowest BCUT2D eigenvalue weighted by Crippen LogP contribution is -2.08. The Morgan fingerprint density at radius 3 is 2.56 bits per heavy atom. The third-order valence-electron chi connectivity index (χ3n) is 2.39. The normalized spacial score (nSPS) is 10.1. The standard InChI is InChI=1S/C13H9ClFNO2/c14-11-4-2-1-3-9(11)10-7-8(15)5-6-12(10)16-13(17)18/h1-7,16H,(H,17,18). The molecule has 5 heteroatoms. The molecule has 0 atom stereocenters. The Labute approximate surface area is 108 Å². The fourth-order valence-corrected chi connectivity index (χ4v) is 1.88. The van der Waals surface area contributed by atoms with Crippen LogP contribution in [0.2, 0.25) is 5.02 Å². The van der Waals surface area contributed by atoms with Crippen molar-refractivity contribution in [3.05, 3.63) is 53.3 Å².